The summed E-state index contributed by atoms with van der Waals surface area (Å²) in [6.45, 7) is 0. The predicted molar refractivity (Wildman–Crippen MR) is 64.9 cm³/mol. The Balaban J connectivity index is 0.0000000971. The van der Waals surface area contributed by atoms with Crippen LogP contribution < -0.4 is 0 Å². The van der Waals surface area contributed by atoms with Crippen LogP contribution in [0.15, 0.2) is 0 Å². The predicted octanol–water partition coefficient (Wildman–Crippen LogP) is 5.07. The Morgan fingerprint density at radius 3 is 0.733 bits per heavy atom. The fraction of sp³-hybridized carbons (Fsp3) is 1.00. The zero-order chi connectivity index (χ0) is 10.2. The summed E-state index contributed by atoms with van der Waals surface area (Å²) in [4.78, 5) is 0. The Morgan fingerprint density at radius 2 is 0.600 bits per heavy atom. The highest BCUT2D eigenvalue weighted by Gasteiger charge is 2.41. The lowest BCUT2D eigenvalue weighted by Gasteiger charge is -2.49. The van der Waals surface area contributed by atoms with Crippen molar-refractivity contribution in [2.24, 2.45) is 10.8 Å². The summed E-state index contributed by atoms with van der Waals surface area (Å²) in [5, 5.41) is 0. The highest BCUT2D eigenvalue weighted by molar-refractivity contribution is 4.93. The molecule has 15 heavy (non-hydrogen) atoms. The van der Waals surface area contributed by atoms with E-state index in [1.54, 1.807) is 51.4 Å². The van der Waals surface area contributed by atoms with Crippen LogP contribution in [0.1, 0.15) is 83.5 Å². The minimum atomic E-state index is 0.917. The minimum Gasteiger partial charge on any atom is -0.0528 e. The van der Waals surface area contributed by atoms with Crippen molar-refractivity contribution in [3.63, 3.8) is 0 Å². The van der Waals surface area contributed by atoms with Crippen molar-refractivity contribution in [3.05, 3.63) is 0 Å². The average molecular weight is 206 g/mol. The van der Waals surface area contributed by atoms with Crippen LogP contribution in [0, 0.1) is 10.8 Å². The van der Waals surface area contributed by atoms with Gasteiger partial charge in [-0.3, -0.25) is 0 Å². The maximum atomic E-state index is 1.56. The Bertz CT molecular complexity index is 193. The van der Waals surface area contributed by atoms with Crippen molar-refractivity contribution >= 4 is 0 Å². The van der Waals surface area contributed by atoms with Gasteiger partial charge in [0.2, 0.25) is 0 Å². The van der Waals surface area contributed by atoms with Gasteiger partial charge in [-0.15, -0.1) is 0 Å². The molecule has 4 aliphatic rings. The van der Waals surface area contributed by atoms with E-state index in [-0.39, 0.29) is 0 Å². The Hall–Kier alpha value is 0. The Kier molecular flexibility index (Phi) is 2.57. The van der Waals surface area contributed by atoms with Crippen LogP contribution >= 0.6 is 0 Å². The van der Waals surface area contributed by atoms with Gasteiger partial charge in [-0.1, -0.05) is 32.1 Å². The van der Waals surface area contributed by atoms with Gasteiger partial charge in [-0.2, -0.15) is 0 Å². The molecule has 0 unspecified atom stereocenters. The van der Waals surface area contributed by atoms with Crippen LogP contribution in [0.4, 0.5) is 0 Å². The number of hydrogen-bond acceptors (Lipinski definition) is 0. The summed E-state index contributed by atoms with van der Waals surface area (Å²) in [7, 11) is 0. The molecule has 0 heterocycles. The summed E-state index contributed by atoms with van der Waals surface area (Å²) in [6, 6.07) is 0. The first kappa shape index (κ1) is 10.2. The second kappa shape index (κ2) is 3.79. The van der Waals surface area contributed by atoms with Crippen molar-refractivity contribution < 1.29 is 0 Å². The molecule has 0 saturated heterocycles. The molecule has 0 radical (unpaired) electrons. The number of rotatable bonds is 0. The molecule has 4 rings (SSSR count). The normalized spacial score (nSPS) is 33.6. The molecule has 0 aromatic heterocycles. The van der Waals surface area contributed by atoms with Crippen LogP contribution in [0.2, 0.25) is 0 Å². The summed E-state index contributed by atoms with van der Waals surface area (Å²) >= 11 is 0. The highest BCUT2D eigenvalue weighted by Crippen LogP contribution is 2.55. The molecule has 4 saturated carbocycles. The maximum absolute atomic E-state index is 1.56. The van der Waals surface area contributed by atoms with E-state index in [9.17, 15) is 0 Å². The van der Waals surface area contributed by atoms with Gasteiger partial charge in [0.1, 0.15) is 0 Å². The molecule has 0 amide bonds. The first-order valence-electron chi connectivity index (χ1n) is 7.33. The van der Waals surface area contributed by atoms with E-state index in [0.29, 0.717) is 0 Å². The smallest absolute Gasteiger partial charge is 0.0297 e. The molecule has 0 atom stereocenters. The summed E-state index contributed by atoms with van der Waals surface area (Å²) in [5.74, 6) is 0. The monoisotopic (exact) mass is 206 g/mol. The Morgan fingerprint density at radius 1 is 0.333 bits per heavy atom. The van der Waals surface area contributed by atoms with Gasteiger partial charge >= 0.3 is 0 Å². The van der Waals surface area contributed by atoms with E-state index in [4.69, 9.17) is 0 Å². The lowest BCUT2D eigenvalue weighted by molar-refractivity contribution is 0.0314. The van der Waals surface area contributed by atoms with E-state index in [0.717, 1.165) is 10.8 Å². The van der Waals surface area contributed by atoms with Crippen molar-refractivity contribution in [1.29, 1.82) is 0 Å². The molecular formula is C15H26. The third-order valence-electron chi connectivity index (χ3n) is 5.91. The Labute approximate surface area is 94.8 Å². The van der Waals surface area contributed by atoms with Gasteiger partial charge in [-0.05, 0) is 62.2 Å². The molecule has 2 spiro atoms. The quantitative estimate of drug-likeness (QED) is 0.519. The maximum Gasteiger partial charge on any atom is -0.0297 e. The molecule has 0 heteroatoms. The van der Waals surface area contributed by atoms with Crippen LogP contribution in [0.25, 0.3) is 0 Å². The molecule has 0 aromatic carbocycles. The zero-order valence-corrected chi connectivity index (χ0v) is 10.2. The second-order valence-corrected chi connectivity index (χ2v) is 6.77. The van der Waals surface area contributed by atoms with E-state index >= 15 is 0 Å². The van der Waals surface area contributed by atoms with E-state index in [1.165, 1.54) is 32.1 Å². The van der Waals surface area contributed by atoms with Crippen molar-refractivity contribution in [2.75, 3.05) is 0 Å². The van der Waals surface area contributed by atoms with Gasteiger partial charge in [0.15, 0.2) is 0 Å². The summed E-state index contributed by atoms with van der Waals surface area (Å²) in [6.07, 6.45) is 20.1. The van der Waals surface area contributed by atoms with Crippen LogP contribution in [0.5, 0.6) is 0 Å². The molecule has 0 bridgehead atoms. The van der Waals surface area contributed by atoms with Crippen molar-refractivity contribution in [3.8, 4) is 0 Å². The molecule has 0 nitrogen and oxygen atoms in total. The fourth-order valence-electron chi connectivity index (χ4n) is 4.16. The molecule has 0 N–H and O–H groups in total. The molecule has 0 aliphatic heterocycles. The van der Waals surface area contributed by atoms with E-state index < -0.39 is 0 Å². The van der Waals surface area contributed by atoms with Gasteiger partial charge in [0.05, 0.1) is 0 Å². The van der Waals surface area contributed by atoms with Crippen LogP contribution in [0.3, 0.4) is 0 Å². The first-order valence-corrected chi connectivity index (χ1v) is 7.33. The molecule has 4 aliphatic carbocycles. The lowest BCUT2D eigenvalue weighted by Crippen LogP contribution is -2.35. The van der Waals surface area contributed by atoms with Gasteiger partial charge in [0, 0.05) is 0 Å². The summed E-state index contributed by atoms with van der Waals surface area (Å²) in [5.41, 5.74) is 1.86. The minimum absolute atomic E-state index is 0.917. The molecular weight excluding hydrogens is 180 g/mol. The second-order valence-electron chi connectivity index (χ2n) is 6.77. The largest absolute Gasteiger partial charge is 0.0528 e. The highest BCUT2D eigenvalue weighted by atomic mass is 14.5. The summed E-state index contributed by atoms with van der Waals surface area (Å²) < 4.78 is 0. The molecule has 86 valence electrons. The molecule has 4 fully saturated rings. The SMILES string of the molecule is C1CC2(C1)CCC2.C1CCC2(C1)CCC2. The van der Waals surface area contributed by atoms with E-state index in [1.807, 2.05) is 0 Å². The van der Waals surface area contributed by atoms with Gasteiger partial charge in [-0.25, -0.2) is 0 Å². The third kappa shape index (κ3) is 1.85. The van der Waals surface area contributed by atoms with Gasteiger partial charge in [0.25, 0.3) is 0 Å². The van der Waals surface area contributed by atoms with Crippen molar-refractivity contribution in [2.45, 2.75) is 83.5 Å². The van der Waals surface area contributed by atoms with E-state index in [2.05, 4.69) is 0 Å². The standard InChI is InChI=1S/C8H14.C7H12/c1-2-5-8(4-1)6-3-7-8;1-3-7(4-1)5-2-6-7/h1-7H2;1-6H2. The topological polar surface area (TPSA) is 0 Å². The number of hydrogen-bond donors (Lipinski definition) is 0. The fourth-order valence-corrected chi connectivity index (χ4v) is 4.16. The average Bonchev–Trinajstić information content (AvgIpc) is 2.45. The van der Waals surface area contributed by atoms with Crippen LogP contribution in [-0.2, 0) is 0 Å². The lowest BCUT2D eigenvalue weighted by atomic mass is 9.56. The first-order chi connectivity index (χ1) is 7.33. The van der Waals surface area contributed by atoms with Crippen LogP contribution in [-0.4, -0.2) is 0 Å². The van der Waals surface area contributed by atoms with Crippen molar-refractivity contribution in [1.82, 2.24) is 0 Å². The van der Waals surface area contributed by atoms with Gasteiger partial charge < -0.3 is 0 Å². The third-order valence-corrected chi connectivity index (χ3v) is 5.91. The molecule has 0 aromatic rings. The zero-order valence-electron chi connectivity index (χ0n) is 10.2.